The molecule has 20 heavy (non-hydrogen) atoms. The Morgan fingerprint density at radius 1 is 1.35 bits per heavy atom. The number of hydrogen-bond donors (Lipinski definition) is 0. The van der Waals surface area contributed by atoms with Crippen LogP contribution in [0.5, 0.6) is 0 Å². The van der Waals surface area contributed by atoms with Crippen molar-refractivity contribution in [1.29, 1.82) is 0 Å². The number of fused-ring (bicyclic) bond motifs is 1. The number of ketones is 2. The molecule has 0 unspecified atom stereocenters. The van der Waals surface area contributed by atoms with Gasteiger partial charge in [-0.1, -0.05) is 18.4 Å². The smallest absolute Gasteiger partial charge is 0.309 e. The molecule has 2 bridgehead atoms. The highest BCUT2D eigenvalue weighted by Crippen LogP contribution is 2.52. The molecular formula is C16H20O4. The number of carbonyl (C=O) groups is 3. The zero-order valence-electron chi connectivity index (χ0n) is 11.8. The van der Waals surface area contributed by atoms with Crippen LogP contribution in [0, 0.1) is 17.3 Å². The Hall–Kier alpha value is -1.45. The quantitative estimate of drug-likeness (QED) is 0.689. The normalized spacial score (nSPS) is 36.8. The molecular weight excluding hydrogens is 256 g/mol. The van der Waals surface area contributed by atoms with Gasteiger partial charge in [-0.25, -0.2) is 0 Å². The van der Waals surface area contributed by atoms with Gasteiger partial charge in [0.15, 0.2) is 5.78 Å². The van der Waals surface area contributed by atoms with E-state index in [9.17, 15) is 14.4 Å². The van der Waals surface area contributed by atoms with E-state index in [4.69, 9.17) is 4.74 Å². The van der Waals surface area contributed by atoms with E-state index in [1.54, 1.807) is 6.08 Å². The Morgan fingerprint density at radius 3 is 2.90 bits per heavy atom. The van der Waals surface area contributed by atoms with Gasteiger partial charge in [-0.05, 0) is 31.8 Å². The molecule has 2 fully saturated rings. The number of carbonyl (C=O) groups excluding carboxylic acids is 3. The Kier molecular flexibility index (Phi) is 3.27. The van der Waals surface area contributed by atoms with E-state index in [2.05, 4.69) is 0 Å². The first-order valence-electron chi connectivity index (χ1n) is 7.43. The van der Waals surface area contributed by atoms with E-state index in [1.165, 1.54) is 7.11 Å². The Balaban J connectivity index is 2.03. The standard InChI is InChI=1S/C16H20O4/c1-20-15(19)11-6-10-4-2-3-5-16(14(10)18)9-13(17)8-12(16)7-11/h8,10-11H,2-7,9H2,1H3/t10-,11-,16-/m1/s1. The highest BCUT2D eigenvalue weighted by Gasteiger charge is 2.53. The predicted molar refractivity (Wildman–Crippen MR) is 71.8 cm³/mol. The number of Topliss-reactive ketones (excluding diaryl/α,β-unsaturated/α-hetero) is 1. The lowest BCUT2D eigenvalue weighted by atomic mass is 9.72. The van der Waals surface area contributed by atoms with E-state index < -0.39 is 5.41 Å². The van der Waals surface area contributed by atoms with Crippen molar-refractivity contribution in [3.05, 3.63) is 11.6 Å². The van der Waals surface area contributed by atoms with Crippen molar-refractivity contribution in [2.75, 3.05) is 7.11 Å². The fourth-order valence-electron chi connectivity index (χ4n) is 4.27. The predicted octanol–water partition coefficient (Wildman–Crippen LogP) is 2.21. The van der Waals surface area contributed by atoms with Gasteiger partial charge in [0.05, 0.1) is 18.4 Å². The molecule has 2 saturated carbocycles. The minimum absolute atomic E-state index is 0.0412. The molecule has 108 valence electrons. The Labute approximate surface area is 118 Å². The fraction of sp³-hybridized carbons (Fsp3) is 0.688. The van der Waals surface area contributed by atoms with Gasteiger partial charge in [-0.15, -0.1) is 0 Å². The third kappa shape index (κ3) is 1.93. The summed E-state index contributed by atoms with van der Waals surface area (Å²) in [7, 11) is 1.39. The molecule has 0 aromatic heterocycles. The van der Waals surface area contributed by atoms with E-state index in [-0.39, 0.29) is 29.4 Å². The molecule has 3 atom stereocenters. The van der Waals surface area contributed by atoms with Crippen LogP contribution in [-0.4, -0.2) is 24.6 Å². The maximum atomic E-state index is 12.9. The zero-order chi connectivity index (χ0) is 14.3. The molecule has 3 rings (SSSR count). The van der Waals surface area contributed by atoms with Gasteiger partial charge < -0.3 is 4.74 Å². The van der Waals surface area contributed by atoms with Gasteiger partial charge in [0, 0.05) is 12.3 Å². The summed E-state index contributed by atoms with van der Waals surface area (Å²) in [5, 5.41) is 0. The molecule has 3 aliphatic carbocycles. The number of ether oxygens (including phenoxy) is 1. The van der Waals surface area contributed by atoms with Crippen LogP contribution in [0.15, 0.2) is 11.6 Å². The van der Waals surface area contributed by atoms with Crippen molar-refractivity contribution < 1.29 is 19.1 Å². The van der Waals surface area contributed by atoms with E-state index in [0.29, 0.717) is 19.3 Å². The second kappa shape index (κ2) is 4.83. The molecule has 0 heterocycles. The zero-order valence-corrected chi connectivity index (χ0v) is 11.8. The van der Waals surface area contributed by atoms with Crippen LogP contribution in [0.4, 0.5) is 0 Å². The fourth-order valence-corrected chi connectivity index (χ4v) is 4.27. The molecule has 0 aromatic rings. The van der Waals surface area contributed by atoms with Crippen LogP contribution in [0.2, 0.25) is 0 Å². The van der Waals surface area contributed by atoms with E-state index >= 15 is 0 Å². The molecule has 0 saturated heterocycles. The largest absolute Gasteiger partial charge is 0.469 e. The minimum Gasteiger partial charge on any atom is -0.469 e. The van der Waals surface area contributed by atoms with Crippen LogP contribution < -0.4 is 0 Å². The summed E-state index contributed by atoms with van der Waals surface area (Å²) in [5.74, 6) is -0.359. The first kappa shape index (κ1) is 13.5. The summed E-state index contributed by atoms with van der Waals surface area (Å²) >= 11 is 0. The van der Waals surface area contributed by atoms with Gasteiger partial charge in [0.25, 0.3) is 0 Å². The van der Waals surface area contributed by atoms with Gasteiger partial charge in [-0.3, -0.25) is 14.4 Å². The van der Waals surface area contributed by atoms with E-state index in [0.717, 1.165) is 31.3 Å². The molecule has 4 nitrogen and oxygen atoms in total. The summed E-state index contributed by atoms with van der Waals surface area (Å²) < 4.78 is 4.87. The molecule has 0 aromatic carbocycles. The van der Waals surface area contributed by atoms with Crippen molar-refractivity contribution in [1.82, 2.24) is 0 Å². The highest BCUT2D eigenvalue weighted by atomic mass is 16.5. The number of methoxy groups -OCH3 is 1. The van der Waals surface area contributed by atoms with Crippen LogP contribution in [0.3, 0.4) is 0 Å². The second-order valence-corrected chi connectivity index (χ2v) is 6.36. The van der Waals surface area contributed by atoms with Crippen LogP contribution >= 0.6 is 0 Å². The van der Waals surface area contributed by atoms with Gasteiger partial charge in [0.1, 0.15) is 5.78 Å². The van der Waals surface area contributed by atoms with Crippen LogP contribution in [0.1, 0.15) is 44.9 Å². The van der Waals surface area contributed by atoms with Crippen molar-refractivity contribution in [3.8, 4) is 0 Å². The summed E-state index contributed by atoms with van der Waals surface area (Å²) in [5.41, 5.74) is 0.313. The Bertz CT molecular complexity index is 505. The average Bonchev–Trinajstić information content (AvgIpc) is 2.62. The third-order valence-electron chi connectivity index (χ3n) is 5.24. The van der Waals surface area contributed by atoms with E-state index in [1.807, 2.05) is 0 Å². The monoisotopic (exact) mass is 276 g/mol. The van der Waals surface area contributed by atoms with Crippen molar-refractivity contribution in [3.63, 3.8) is 0 Å². The molecule has 4 heteroatoms. The maximum Gasteiger partial charge on any atom is 0.309 e. The second-order valence-electron chi connectivity index (χ2n) is 6.36. The van der Waals surface area contributed by atoms with Gasteiger partial charge in [0.2, 0.25) is 0 Å². The summed E-state index contributed by atoms with van der Waals surface area (Å²) in [4.78, 5) is 36.7. The molecule has 0 N–H and O–H groups in total. The average molecular weight is 276 g/mol. The first-order chi connectivity index (χ1) is 9.56. The number of hydrogen-bond acceptors (Lipinski definition) is 4. The topological polar surface area (TPSA) is 60.4 Å². The van der Waals surface area contributed by atoms with Crippen molar-refractivity contribution in [2.45, 2.75) is 44.9 Å². The Morgan fingerprint density at radius 2 is 2.15 bits per heavy atom. The first-order valence-corrected chi connectivity index (χ1v) is 7.43. The summed E-state index contributed by atoms with van der Waals surface area (Å²) in [6.45, 7) is 0. The van der Waals surface area contributed by atoms with Crippen molar-refractivity contribution in [2.24, 2.45) is 17.3 Å². The minimum atomic E-state index is -0.582. The molecule has 0 aliphatic heterocycles. The molecule has 0 radical (unpaired) electrons. The lowest BCUT2D eigenvalue weighted by molar-refractivity contribution is -0.146. The lowest BCUT2D eigenvalue weighted by Crippen LogP contribution is -2.33. The number of allylic oxidation sites excluding steroid dienone is 2. The number of rotatable bonds is 1. The van der Waals surface area contributed by atoms with Crippen LogP contribution in [-0.2, 0) is 19.1 Å². The number of esters is 1. The molecule has 3 aliphatic rings. The lowest BCUT2D eigenvalue weighted by Gasteiger charge is -2.29. The van der Waals surface area contributed by atoms with Crippen molar-refractivity contribution >= 4 is 17.5 Å². The maximum absolute atomic E-state index is 12.9. The van der Waals surface area contributed by atoms with Crippen LogP contribution in [0.25, 0.3) is 0 Å². The highest BCUT2D eigenvalue weighted by molar-refractivity contribution is 6.04. The van der Waals surface area contributed by atoms with Gasteiger partial charge in [-0.2, -0.15) is 0 Å². The third-order valence-corrected chi connectivity index (χ3v) is 5.24. The summed E-state index contributed by atoms with van der Waals surface area (Å²) in [6, 6.07) is 0. The molecule has 0 amide bonds. The SMILES string of the molecule is COC(=O)[C@H]1CC2=CC(=O)C[C@]23CCCC[C@H](C1)C3=O. The summed E-state index contributed by atoms with van der Waals surface area (Å²) in [6.07, 6.45) is 6.67. The van der Waals surface area contributed by atoms with Gasteiger partial charge >= 0.3 is 5.97 Å². The molecule has 1 spiro atoms.